The molecule has 23 heavy (non-hydrogen) atoms. The first-order chi connectivity index (χ1) is 11.1. The maximum Gasteiger partial charge on any atom is 0.321 e. The monoisotopic (exact) mass is 314 g/mol. The lowest BCUT2D eigenvalue weighted by Crippen LogP contribution is -2.42. The molecule has 0 unspecified atom stereocenters. The van der Waals surface area contributed by atoms with Crippen LogP contribution >= 0.6 is 0 Å². The third kappa shape index (κ3) is 3.87. The van der Waals surface area contributed by atoms with Crippen molar-refractivity contribution in [3.8, 4) is 0 Å². The first-order valence-corrected chi connectivity index (χ1v) is 7.79. The zero-order chi connectivity index (χ0) is 16.2. The summed E-state index contributed by atoms with van der Waals surface area (Å²) in [7, 11) is 1.74. The minimum Gasteiger partial charge on any atom is -0.333 e. The molecule has 7 nitrogen and oxygen atoms in total. The van der Waals surface area contributed by atoms with Gasteiger partial charge in [-0.15, -0.1) is 0 Å². The number of nitrogens with one attached hydrogen (secondary N) is 2. The van der Waals surface area contributed by atoms with E-state index in [-0.39, 0.29) is 12.1 Å². The van der Waals surface area contributed by atoms with Crippen LogP contribution in [0.5, 0.6) is 0 Å². The Hall–Kier alpha value is -2.41. The van der Waals surface area contributed by atoms with Gasteiger partial charge >= 0.3 is 6.03 Å². The number of likely N-dealkylation sites (tertiary alicyclic amines) is 1. The van der Waals surface area contributed by atoms with Crippen LogP contribution < -0.4 is 10.6 Å². The highest BCUT2D eigenvalue weighted by Crippen LogP contribution is 2.19. The van der Waals surface area contributed by atoms with Gasteiger partial charge in [0.15, 0.2) is 0 Å². The third-order valence-electron chi connectivity index (χ3n) is 4.19. The van der Waals surface area contributed by atoms with Gasteiger partial charge in [0.05, 0.1) is 0 Å². The number of carbonyl (C=O) groups excluding carboxylic acids is 1. The van der Waals surface area contributed by atoms with E-state index in [2.05, 4.69) is 56.8 Å². The summed E-state index contributed by atoms with van der Waals surface area (Å²) in [6.07, 6.45) is 1.41. The average molecular weight is 314 g/mol. The molecule has 1 fully saturated rings. The molecule has 0 saturated carbocycles. The molecular weight excluding hydrogens is 292 g/mol. The van der Waals surface area contributed by atoms with E-state index in [1.807, 2.05) is 6.07 Å². The van der Waals surface area contributed by atoms with Crippen molar-refractivity contribution < 1.29 is 4.79 Å². The van der Waals surface area contributed by atoms with E-state index >= 15 is 0 Å². The molecule has 0 aliphatic carbocycles. The summed E-state index contributed by atoms with van der Waals surface area (Å²) < 4.78 is 1.53. The summed E-state index contributed by atoms with van der Waals surface area (Å²) in [5.41, 5.74) is 1.30. The predicted octanol–water partition coefficient (Wildman–Crippen LogP) is 1.46. The van der Waals surface area contributed by atoms with Crippen LogP contribution in [0, 0.1) is 5.92 Å². The largest absolute Gasteiger partial charge is 0.333 e. The topological polar surface area (TPSA) is 75.1 Å². The Morgan fingerprint density at radius 2 is 2.09 bits per heavy atom. The molecule has 122 valence electrons. The maximum atomic E-state index is 12.1. The first kappa shape index (κ1) is 15.5. The number of urea groups is 1. The highest BCUT2D eigenvalue weighted by Gasteiger charge is 2.30. The van der Waals surface area contributed by atoms with E-state index in [1.54, 1.807) is 7.05 Å². The molecule has 1 aliphatic rings. The summed E-state index contributed by atoms with van der Waals surface area (Å²) in [4.78, 5) is 18.5. The van der Waals surface area contributed by atoms with Crippen LogP contribution in [0.15, 0.2) is 36.7 Å². The minimum absolute atomic E-state index is 0.131. The van der Waals surface area contributed by atoms with Crippen LogP contribution in [0.2, 0.25) is 0 Å². The summed E-state index contributed by atoms with van der Waals surface area (Å²) in [6, 6.07) is 10.3. The highest BCUT2D eigenvalue weighted by atomic mass is 16.2. The van der Waals surface area contributed by atoms with Crippen LogP contribution in [0.3, 0.4) is 0 Å². The third-order valence-corrected chi connectivity index (χ3v) is 4.19. The van der Waals surface area contributed by atoms with E-state index in [1.165, 1.54) is 16.6 Å². The molecule has 2 heterocycles. The Balaban J connectivity index is 1.52. The number of nitrogens with zero attached hydrogens (tertiary/aromatic N) is 4. The molecule has 0 bridgehead atoms. The fraction of sp³-hybridized carbons (Fsp3) is 0.438. The van der Waals surface area contributed by atoms with Crippen molar-refractivity contribution in [3.63, 3.8) is 0 Å². The van der Waals surface area contributed by atoms with Gasteiger partial charge in [0.2, 0.25) is 5.95 Å². The normalized spacial score (nSPS) is 21.3. The Morgan fingerprint density at radius 3 is 2.78 bits per heavy atom. The fourth-order valence-electron chi connectivity index (χ4n) is 2.94. The quantitative estimate of drug-likeness (QED) is 0.896. The molecule has 7 heteroatoms. The molecule has 1 aliphatic heterocycles. The van der Waals surface area contributed by atoms with Crippen molar-refractivity contribution >= 4 is 12.0 Å². The van der Waals surface area contributed by atoms with Crippen molar-refractivity contribution in [1.29, 1.82) is 0 Å². The van der Waals surface area contributed by atoms with Gasteiger partial charge in [-0.2, -0.15) is 10.1 Å². The Kier molecular flexibility index (Phi) is 4.57. The van der Waals surface area contributed by atoms with Crippen LogP contribution in [0.25, 0.3) is 0 Å². The van der Waals surface area contributed by atoms with Gasteiger partial charge in [-0.3, -0.25) is 10.2 Å². The van der Waals surface area contributed by atoms with Crippen LogP contribution in [0.1, 0.15) is 12.5 Å². The van der Waals surface area contributed by atoms with Crippen molar-refractivity contribution in [2.75, 3.05) is 18.4 Å². The number of hydrogen-bond donors (Lipinski definition) is 2. The minimum atomic E-state index is -0.237. The first-order valence-electron chi connectivity index (χ1n) is 7.79. The molecule has 1 aromatic heterocycles. The molecule has 1 aromatic carbocycles. The second-order valence-corrected chi connectivity index (χ2v) is 6.07. The Bertz CT molecular complexity index is 656. The fourth-order valence-corrected chi connectivity index (χ4v) is 2.94. The summed E-state index contributed by atoms with van der Waals surface area (Å²) >= 11 is 0. The smallest absolute Gasteiger partial charge is 0.321 e. The lowest BCUT2D eigenvalue weighted by atomic mass is 10.1. The Labute approximate surface area is 135 Å². The van der Waals surface area contributed by atoms with Crippen molar-refractivity contribution in [1.82, 2.24) is 25.0 Å². The van der Waals surface area contributed by atoms with Gasteiger partial charge < -0.3 is 5.32 Å². The molecule has 2 N–H and O–H groups in total. The molecule has 2 atom stereocenters. The zero-order valence-corrected chi connectivity index (χ0v) is 13.4. The van der Waals surface area contributed by atoms with E-state index in [0.29, 0.717) is 11.9 Å². The highest BCUT2D eigenvalue weighted by molar-refractivity contribution is 5.87. The number of carbonyl (C=O) groups is 1. The van der Waals surface area contributed by atoms with Crippen molar-refractivity contribution in [2.24, 2.45) is 13.0 Å². The molecule has 0 spiro atoms. The van der Waals surface area contributed by atoms with E-state index in [0.717, 1.165) is 19.6 Å². The van der Waals surface area contributed by atoms with Gasteiger partial charge in [0.25, 0.3) is 0 Å². The second kappa shape index (κ2) is 6.78. The number of rotatable bonds is 4. The predicted molar refractivity (Wildman–Crippen MR) is 87.8 cm³/mol. The van der Waals surface area contributed by atoms with Gasteiger partial charge in [0, 0.05) is 32.7 Å². The Morgan fingerprint density at radius 1 is 1.30 bits per heavy atom. The van der Waals surface area contributed by atoms with Gasteiger partial charge in [-0.1, -0.05) is 37.3 Å². The van der Waals surface area contributed by atoms with Crippen LogP contribution in [-0.4, -0.2) is 44.8 Å². The lowest BCUT2D eigenvalue weighted by molar-refractivity contribution is 0.245. The SMILES string of the molecule is C[C@H]1CN(Cc2ccccc2)C[C@@H]1NC(=O)Nc1ncnn1C. The zero-order valence-electron chi connectivity index (χ0n) is 13.4. The van der Waals surface area contributed by atoms with Gasteiger partial charge in [-0.05, 0) is 11.5 Å². The van der Waals surface area contributed by atoms with Crippen molar-refractivity contribution in [3.05, 3.63) is 42.2 Å². The summed E-state index contributed by atoms with van der Waals surface area (Å²) in [5.74, 6) is 0.846. The number of aromatic nitrogens is 3. The average Bonchev–Trinajstić information content (AvgIpc) is 3.07. The standard InChI is InChI=1S/C16H22N6O/c1-12-8-22(9-13-6-4-3-5-7-13)10-14(12)19-16(23)20-15-17-11-18-21(15)2/h3-7,11-12,14H,8-10H2,1-2H3,(H2,17,18,19,20,23)/t12-,14-/m0/s1. The van der Waals surface area contributed by atoms with Crippen LogP contribution in [0.4, 0.5) is 10.7 Å². The number of aryl methyl sites for hydroxylation is 1. The summed E-state index contributed by atoms with van der Waals surface area (Å²) in [5, 5.41) is 9.69. The van der Waals surface area contributed by atoms with Gasteiger partial charge in [0.1, 0.15) is 6.33 Å². The molecule has 1 saturated heterocycles. The summed E-state index contributed by atoms with van der Waals surface area (Å²) in [6.45, 7) is 4.90. The molecule has 3 rings (SSSR count). The van der Waals surface area contributed by atoms with Gasteiger partial charge in [-0.25, -0.2) is 9.48 Å². The number of hydrogen-bond acceptors (Lipinski definition) is 4. The maximum absolute atomic E-state index is 12.1. The number of anilines is 1. The van der Waals surface area contributed by atoms with Crippen molar-refractivity contribution in [2.45, 2.75) is 19.5 Å². The lowest BCUT2D eigenvalue weighted by Gasteiger charge is -2.17. The van der Waals surface area contributed by atoms with E-state index < -0.39 is 0 Å². The molecule has 0 radical (unpaired) electrons. The van der Waals surface area contributed by atoms with E-state index in [4.69, 9.17) is 0 Å². The van der Waals surface area contributed by atoms with E-state index in [9.17, 15) is 4.79 Å². The second-order valence-electron chi connectivity index (χ2n) is 6.07. The molecule has 2 amide bonds. The number of benzene rings is 1. The molecular formula is C16H22N6O. The molecule has 2 aromatic rings. The number of amides is 2. The van der Waals surface area contributed by atoms with Crippen LogP contribution in [-0.2, 0) is 13.6 Å².